The summed E-state index contributed by atoms with van der Waals surface area (Å²) in [6.45, 7) is 4.20. The van der Waals surface area contributed by atoms with Gasteiger partial charge in [-0.05, 0) is 50.5 Å². The summed E-state index contributed by atoms with van der Waals surface area (Å²) in [7, 11) is 0. The lowest BCUT2D eigenvalue weighted by Crippen LogP contribution is -2.44. The predicted octanol–water partition coefficient (Wildman–Crippen LogP) is 1.68. The fourth-order valence-electron chi connectivity index (χ4n) is 2.04. The highest BCUT2D eigenvalue weighted by Crippen LogP contribution is 2.30. The molecule has 1 atom stereocenters. The zero-order valence-electron chi connectivity index (χ0n) is 13.5. The number of hydrogen-bond donors (Lipinski definition) is 3. The third-order valence-corrected chi connectivity index (χ3v) is 3.65. The fraction of sp³-hybridized carbons (Fsp3) is 0.471. The largest absolute Gasteiger partial charge is 0.354 e. The molecule has 0 spiro atoms. The Labute approximate surface area is 136 Å². The molecule has 0 bridgehead atoms. The molecule has 0 saturated heterocycles. The van der Waals surface area contributed by atoms with E-state index in [0.29, 0.717) is 17.8 Å². The highest BCUT2D eigenvalue weighted by Gasteiger charge is 2.29. The van der Waals surface area contributed by atoms with Crippen LogP contribution in [0.5, 0.6) is 0 Å². The molecule has 0 unspecified atom stereocenters. The normalized spacial score (nSPS) is 14.7. The summed E-state index contributed by atoms with van der Waals surface area (Å²) in [5.41, 5.74) is 1.12. The molecule has 1 fully saturated rings. The summed E-state index contributed by atoms with van der Waals surface area (Å²) in [5, 5.41) is 8.21. The Hall–Kier alpha value is -2.37. The van der Waals surface area contributed by atoms with Crippen molar-refractivity contribution in [2.75, 3.05) is 11.9 Å². The smallest absolute Gasteiger partial charge is 0.251 e. The molecular formula is C17H23N3O3. The van der Waals surface area contributed by atoms with Gasteiger partial charge in [-0.3, -0.25) is 14.4 Å². The van der Waals surface area contributed by atoms with E-state index in [0.717, 1.165) is 19.3 Å². The number of nitrogens with one attached hydrogen (secondary N) is 3. The van der Waals surface area contributed by atoms with Gasteiger partial charge in [0.1, 0.15) is 6.04 Å². The topological polar surface area (TPSA) is 87.3 Å². The molecule has 6 nitrogen and oxygen atoms in total. The maximum atomic E-state index is 12.1. The monoisotopic (exact) mass is 317 g/mol. The minimum absolute atomic E-state index is 0.0309. The number of carbonyl (C=O) groups excluding carboxylic acids is 3. The number of carbonyl (C=O) groups is 3. The molecule has 3 amide bonds. The second-order valence-electron chi connectivity index (χ2n) is 5.83. The molecule has 0 radical (unpaired) electrons. The van der Waals surface area contributed by atoms with Crippen LogP contribution in [0.4, 0.5) is 5.69 Å². The van der Waals surface area contributed by atoms with Crippen molar-refractivity contribution in [3.8, 4) is 0 Å². The maximum absolute atomic E-state index is 12.1. The number of benzene rings is 1. The number of amides is 3. The van der Waals surface area contributed by atoms with E-state index in [9.17, 15) is 14.4 Å². The molecule has 1 aromatic carbocycles. The van der Waals surface area contributed by atoms with Crippen molar-refractivity contribution in [3.05, 3.63) is 29.8 Å². The van der Waals surface area contributed by atoms with Gasteiger partial charge in [0.2, 0.25) is 11.8 Å². The minimum atomic E-state index is -0.594. The highest BCUT2D eigenvalue weighted by atomic mass is 16.2. The van der Waals surface area contributed by atoms with E-state index in [1.807, 2.05) is 6.92 Å². The molecule has 1 aliphatic carbocycles. The van der Waals surface area contributed by atoms with Crippen LogP contribution >= 0.6 is 0 Å². The Morgan fingerprint density at radius 2 is 1.83 bits per heavy atom. The second kappa shape index (κ2) is 7.76. The van der Waals surface area contributed by atoms with Crippen molar-refractivity contribution in [1.82, 2.24) is 10.6 Å². The first-order valence-electron chi connectivity index (χ1n) is 8.00. The summed E-state index contributed by atoms with van der Waals surface area (Å²) < 4.78 is 0. The second-order valence-corrected chi connectivity index (χ2v) is 5.83. The van der Waals surface area contributed by atoms with E-state index >= 15 is 0 Å². The van der Waals surface area contributed by atoms with Crippen LogP contribution in [0.15, 0.2) is 24.3 Å². The number of anilines is 1. The van der Waals surface area contributed by atoms with Gasteiger partial charge >= 0.3 is 0 Å². The van der Waals surface area contributed by atoms with E-state index in [1.54, 1.807) is 31.2 Å². The standard InChI is InChI=1S/C17H23N3O3/c1-3-10-18-15(21)11(2)19-16(22)13-6-8-14(9-7-13)20-17(23)12-4-5-12/h6-9,11-12H,3-5,10H2,1-2H3,(H,18,21)(H,19,22)(H,20,23)/t11-/m1/s1. The number of hydrogen-bond acceptors (Lipinski definition) is 3. The third-order valence-electron chi connectivity index (χ3n) is 3.65. The fourth-order valence-corrected chi connectivity index (χ4v) is 2.04. The zero-order chi connectivity index (χ0) is 16.8. The molecule has 0 aromatic heterocycles. The average Bonchev–Trinajstić information content (AvgIpc) is 3.38. The van der Waals surface area contributed by atoms with Gasteiger partial charge in [-0.25, -0.2) is 0 Å². The molecule has 6 heteroatoms. The van der Waals surface area contributed by atoms with Crippen LogP contribution in [0.1, 0.15) is 43.5 Å². The molecule has 0 aliphatic heterocycles. The first kappa shape index (κ1) is 17.0. The van der Waals surface area contributed by atoms with Gasteiger partial charge < -0.3 is 16.0 Å². The summed E-state index contributed by atoms with van der Waals surface area (Å²) >= 11 is 0. The van der Waals surface area contributed by atoms with Gasteiger partial charge in [-0.1, -0.05) is 6.92 Å². The van der Waals surface area contributed by atoms with Gasteiger partial charge in [0.15, 0.2) is 0 Å². The number of rotatable bonds is 7. The molecule has 1 aliphatic rings. The van der Waals surface area contributed by atoms with Gasteiger partial charge in [-0.15, -0.1) is 0 Å². The van der Waals surface area contributed by atoms with Gasteiger partial charge in [0.05, 0.1) is 0 Å². The first-order chi connectivity index (χ1) is 11.0. The van der Waals surface area contributed by atoms with Crippen molar-refractivity contribution in [1.29, 1.82) is 0 Å². The quantitative estimate of drug-likeness (QED) is 0.715. The minimum Gasteiger partial charge on any atom is -0.354 e. The van der Waals surface area contributed by atoms with Gasteiger partial charge in [0.25, 0.3) is 5.91 Å². The SMILES string of the molecule is CCCNC(=O)[C@@H](C)NC(=O)c1ccc(NC(=O)C2CC2)cc1. The molecule has 2 rings (SSSR count). The van der Waals surface area contributed by atoms with Crippen LogP contribution in [0.3, 0.4) is 0 Å². The van der Waals surface area contributed by atoms with E-state index in [1.165, 1.54) is 0 Å². The third kappa shape index (κ3) is 5.09. The molecule has 1 saturated carbocycles. The summed E-state index contributed by atoms with van der Waals surface area (Å²) in [4.78, 5) is 35.5. The van der Waals surface area contributed by atoms with E-state index < -0.39 is 6.04 Å². The van der Waals surface area contributed by atoms with Crippen molar-refractivity contribution in [2.45, 2.75) is 39.2 Å². The van der Waals surface area contributed by atoms with Crippen LogP contribution in [0.25, 0.3) is 0 Å². The lowest BCUT2D eigenvalue weighted by Gasteiger charge is -2.14. The Morgan fingerprint density at radius 3 is 2.39 bits per heavy atom. The summed E-state index contributed by atoms with van der Waals surface area (Å²) in [5.74, 6) is -0.346. The average molecular weight is 317 g/mol. The van der Waals surface area contributed by atoms with Crippen LogP contribution in [0, 0.1) is 5.92 Å². The maximum Gasteiger partial charge on any atom is 0.251 e. The molecule has 23 heavy (non-hydrogen) atoms. The lowest BCUT2D eigenvalue weighted by atomic mass is 10.1. The van der Waals surface area contributed by atoms with E-state index in [-0.39, 0.29) is 23.6 Å². The zero-order valence-corrected chi connectivity index (χ0v) is 13.5. The van der Waals surface area contributed by atoms with Crippen LogP contribution in [-0.2, 0) is 9.59 Å². The van der Waals surface area contributed by atoms with E-state index in [2.05, 4.69) is 16.0 Å². The van der Waals surface area contributed by atoms with Crippen molar-refractivity contribution in [2.24, 2.45) is 5.92 Å². The van der Waals surface area contributed by atoms with Crippen LogP contribution in [0.2, 0.25) is 0 Å². The molecule has 124 valence electrons. The van der Waals surface area contributed by atoms with Crippen LogP contribution in [-0.4, -0.2) is 30.3 Å². The Morgan fingerprint density at radius 1 is 1.17 bits per heavy atom. The highest BCUT2D eigenvalue weighted by molar-refractivity contribution is 5.98. The van der Waals surface area contributed by atoms with Crippen molar-refractivity contribution in [3.63, 3.8) is 0 Å². The molecule has 0 heterocycles. The lowest BCUT2D eigenvalue weighted by molar-refractivity contribution is -0.122. The van der Waals surface area contributed by atoms with Gasteiger partial charge in [0, 0.05) is 23.7 Å². The van der Waals surface area contributed by atoms with E-state index in [4.69, 9.17) is 0 Å². The van der Waals surface area contributed by atoms with Crippen molar-refractivity contribution >= 4 is 23.4 Å². The van der Waals surface area contributed by atoms with Crippen molar-refractivity contribution < 1.29 is 14.4 Å². The van der Waals surface area contributed by atoms with Crippen LogP contribution < -0.4 is 16.0 Å². The summed E-state index contributed by atoms with van der Waals surface area (Å²) in [6.07, 6.45) is 2.75. The van der Waals surface area contributed by atoms with Gasteiger partial charge in [-0.2, -0.15) is 0 Å². The Kier molecular flexibility index (Phi) is 5.73. The predicted molar refractivity (Wildman–Crippen MR) is 88.0 cm³/mol. The molecule has 3 N–H and O–H groups in total. The first-order valence-corrected chi connectivity index (χ1v) is 8.00. The Bertz CT molecular complexity index is 579. The Balaban J connectivity index is 1.86. The summed E-state index contributed by atoms with van der Waals surface area (Å²) in [6, 6.07) is 6.06. The molecule has 1 aromatic rings. The molecular weight excluding hydrogens is 294 g/mol.